The van der Waals surface area contributed by atoms with Crippen LogP contribution in [0.1, 0.15) is 44.2 Å². The van der Waals surface area contributed by atoms with Crippen molar-refractivity contribution in [2.75, 3.05) is 33.4 Å². The predicted molar refractivity (Wildman–Crippen MR) is 134 cm³/mol. The molecule has 0 radical (unpaired) electrons. The summed E-state index contributed by atoms with van der Waals surface area (Å²) in [5.74, 6) is 2.37. The summed E-state index contributed by atoms with van der Waals surface area (Å²) in [5, 5.41) is 5.10. The van der Waals surface area contributed by atoms with Crippen molar-refractivity contribution in [3.63, 3.8) is 0 Å². The van der Waals surface area contributed by atoms with Gasteiger partial charge in [-0.25, -0.2) is 10.9 Å². The average Bonchev–Trinajstić information content (AvgIpc) is 3.23. The zero-order valence-electron chi connectivity index (χ0n) is 20.6. The molecule has 3 N–H and O–H groups in total. The van der Waals surface area contributed by atoms with Crippen LogP contribution in [0.15, 0.2) is 24.3 Å². The van der Waals surface area contributed by atoms with Crippen molar-refractivity contribution in [2.45, 2.75) is 67.1 Å². The van der Waals surface area contributed by atoms with Gasteiger partial charge in [-0.3, -0.25) is 9.69 Å². The van der Waals surface area contributed by atoms with Crippen LogP contribution in [0.5, 0.6) is 5.75 Å². The van der Waals surface area contributed by atoms with E-state index in [1.165, 1.54) is 18.4 Å². The van der Waals surface area contributed by atoms with E-state index in [2.05, 4.69) is 64.0 Å². The largest absolute Gasteiger partial charge is 0.496 e. The number of fused-ring (bicyclic) bond motifs is 6. The molecule has 6 fully saturated rings. The van der Waals surface area contributed by atoms with Crippen LogP contribution >= 0.6 is 11.8 Å². The minimum absolute atomic E-state index is 0.0747. The standard InChI is InChI=1S/C26H37N5O3S/c1-15-28-29-25-26(7-8-26)27-22(17-5-3-4-6-19(17)33-2)21-18-13-16(14-20(18)35-24(21)31(15)25)23(32)30-9-11-34-12-10-30/h3-6,15-16,18,20-22,24-25,27-29H,7-14H2,1-2H3/t15?,16-,18?,20?,21?,22?,24?,25?/m0/s1. The van der Waals surface area contributed by atoms with Crippen LogP contribution in [-0.2, 0) is 9.53 Å². The minimum atomic E-state index is 0.0747. The second-order valence-electron chi connectivity index (χ2n) is 11.2. The van der Waals surface area contributed by atoms with E-state index in [4.69, 9.17) is 9.47 Å². The molecule has 6 aliphatic rings. The third-order valence-electron chi connectivity index (χ3n) is 9.44. The molecular weight excluding hydrogens is 462 g/mol. The fourth-order valence-electron chi connectivity index (χ4n) is 7.61. The fourth-order valence-corrected chi connectivity index (χ4v) is 9.79. The van der Waals surface area contributed by atoms with Crippen molar-refractivity contribution >= 4 is 17.7 Å². The predicted octanol–water partition coefficient (Wildman–Crippen LogP) is 1.90. The van der Waals surface area contributed by atoms with E-state index in [0.29, 0.717) is 41.6 Å². The second kappa shape index (κ2) is 8.60. The molecule has 0 aromatic heterocycles. The number of benzene rings is 1. The third kappa shape index (κ3) is 3.57. The number of nitrogens with one attached hydrogen (secondary N) is 3. The van der Waals surface area contributed by atoms with Crippen LogP contribution < -0.4 is 20.9 Å². The number of methoxy groups -OCH3 is 1. The summed E-state index contributed by atoms with van der Waals surface area (Å²) in [6, 6.07) is 8.76. The maximum atomic E-state index is 13.5. The fraction of sp³-hybridized carbons (Fsp3) is 0.731. The lowest BCUT2D eigenvalue weighted by molar-refractivity contribution is -0.139. The lowest BCUT2D eigenvalue weighted by Gasteiger charge is -2.36. The Morgan fingerprint density at radius 2 is 1.97 bits per heavy atom. The molecule has 9 heteroatoms. The van der Waals surface area contributed by atoms with Crippen molar-refractivity contribution in [2.24, 2.45) is 17.8 Å². The van der Waals surface area contributed by atoms with E-state index in [-0.39, 0.29) is 29.8 Å². The zero-order chi connectivity index (χ0) is 23.7. The Bertz CT molecular complexity index is 985. The molecule has 1 amide bonds. The Hall–Kier alpha value is -1.36. The van der Waals surface area contributed by atoms with Crippen molar-refractivity contribution < 1.29 is 14.3 Å². The average molecular weight is 500 g/mol. The SMILES string of the molecule is COc1ccccc1C1NC2(CC2)C2NNC(C)N2C2SC3C[C@@H](C(=O)N4CCOCC4)CC3C12. The van der Waals surface area contributed by atoms with Crippen LogP contribution in [-0.4, -0.2) is 77.6 Å². The molecule has 1 aromatic carbocycles. The van der Waals surface area contributed by atoms with Gasteiger partial charge >= 0.3 is 0 Å². The summed E-state index contributed by atoms with van der Waals surface area (Å²) in [4.78, 5) is 18.2. The van der Waals surface area contributed by atoms with Crippen molar-refractivity contribution in [3.8, 4) is 5.75 Å². The first-order chi connectivity index (χ1) is 17.1. The number of hydrogen-bond acceptors (Lipinski definition) is 8. The van der Waals surface area contributed by atoms with Crippen molar-refractivity contribution in [3.05, 3.63) is 29.8 Å². The van der Waals surface area contributed by atoms with Gasteiger partial charge in [-0.2, -0.15) is 0 Å². The van der Waals surface area contributed by atoms with Crippen molar-refractivity contribution in [1.82, 2.24) is 26.0 Å². The van der Waals surface area contributed by atoms with Crippen LogP contribution in [0.3, 0.4) is 0 Å². The molecule has 4 heterocycles. The third-order valence-corrected chi connectivity index (χ3v) is 11.2. The van der Waals surface area contributed by atoms with Gasteiger partial charge in [-0.05, 0) is 44.6 Å². The summed E-state index contributed by atoms with van der Waals surface area (Å²) in [7, 11) is 1.78. The number of hydrogen-bond donors (Lipinski definition) is 3. The van der Waals surface area contributed by atoms with Crippen molar-refractivity contribution in [1.29, 1.82) is 0 Å². The van der Waals surface area contributed by atoms with Gasteiger partial charge in [0.25, 0.3) is 0 Å². The molecule has 1 aromatic rings. The van der Waals surface area contributed by atoms with Crippen LogP contribution in [0, 0.1) is 17.8 Å². The topological polar surface area (TPSA) is 78.1 Å². The number of rotatable bonds is 3. The Balaban J connectivity index is 1.24. The van der Waals surface area contributed by atoms with E-state index in [0.717, 1.165) is 31.7 Å². The summed E-state index contributed by atoms with van der Waals surface area (Å²) < 4.78 is 11.4. The highest BCUT2D eigenvalue weighted by atomic mass is 32.2. The first-order valence-electron chi connectivity index (χ1n) is 13.3. The number of nitrogens with zero attached hydrogens (tertiary/aromatic N) is 2. The molecule has 2 aliphatic carbocycles. The quantitative estimate of drug-likeness (QED) is 0.582. The molecule has 7 unspecified atom stereocenters. The minimum Gasteiger partial charge on any atom is -0.496 e. The second-order valence-corrected chi connectivity index (χ2v) is 12.6. The maximum Gasteiger partial charge on any atom is 0.225 e. The lowest BCUT2D eigenvalue weighted by Crippen LogP contribution is -2.54. The van der Waals surface area contributed by atoms with Gasteiger partial charge in [0.05, 0.1) is 38.0 Å². The number of hydrazine groups is 1. The first-order valence-corrected chi connectivity index (χ1v) is 14.2. The van der Waals surface area contributed by atoms with Crippen LogP contribution in [0.25, 0.3) is 0 Å². The smallest absolute Gasteiger partial charge is 0.225 e. The number of carbonyl (C=O) groups excluding carboxylic acids is 1. The van der Waals surface area contributed by atoms with Crippen LogP contribution in [0.2, 0.25) is 0 Å². The zero-order valence-corrected chi connectivity index (χ0v) is 21.4. The molecule has 4 saturated heterocycles. The van der Waals surface area contributed by atoms with Gasteiger partial charge in [-0.1, -0.05) is 18.2 Å². The highest BCUT2D eigenvalue weighted by molar-refractivity contribution is 8.00. The van der Waals surface area contributed by atoms with Gasteiger partial charge < -0.3 is 19.7 Å². The highest BCUT2D eigenvalue weighted by Crippen LogP contribution is 2.62. The van der Waals surface area contributed by atoms with Gasteiger partial charge in [0.15, 0.2) is 0 Å². The summed E-state index contributed by atoms with van der Waals surface area (Å²) in [6.07, 6.45) is 4.90. The molecule has 7 rings (SSSR count). The number of amides is 1. The Labute approximate surface area is 211 Å². The molecule has 8 atom stereocenters. The van der Waals surface area contributed by atoms with E-state index < -0.39 is 0 Å². The Kier molecular flexibility index (Phi) is 5.60. The normalized spacial score (nSPS) is 41.8. The Morgan fingerprint density at radius 1 is 1.17 bits per heavy atom. The molecule has 0 bridgehead atoms. The highest BCUT2D eigenvalue weighted by Gasteiger charge is 2.65. The van der Waals surface area contributed by atoms with E-state index >= 15 is 0 Å². The molecule has 35 heavy (non-hydrogen) atoms. The Morgan fingerprint density at radius 3 is 2.74 bits per heavy atom. The van der Waals surface area contributed by atoms with E-state index in [1.54, 1.807) is 7.11 Å². The number of thioether (sulfide) groups is 1. The molecule has 190 valence electrons. The number of carbonyl (C=O) groups is 1. The summed E-state index contributed by atoms with van der Waals surface area (Å²) in [5.41, 5.74) is 8.52. The summed E-state index contributed by atoms with van der Waals surface area (Å²) >= 11 is 2.14. The van der Waals surface area contributed by atoms with Gasteiger partial charge in [0.2, 0.25) is 5.91 Å². The number of ether oxygens (including phenoxy) is 2. The molecule has 1 spiro atoms. The molecule has 2 saturated carbocycles. The number of morpholine rings is 1. The molecule has 8 nitrogen and oxygen atoms in total. The molecule has 4 aliphatic heterocycles. The first kappa shape index (κ1) is 22.8. The summed E-state index contributed by atoms with van der Waals surface area (Å²) in [6.45, 7) is 5.09. The van der Waals surface area contributed by atoms with E-state index in [1.807, 2.05) is 4.90 Å². The van der Waals surface area contributed by atoms with Crippen LogP contribution in [0.4, 0.5) is 0 Å². The lowest BCUT2D eigenvalue weighted by atomic mass is 9.80. The number of para-hydroxylation sites is 1. The van der Waals surface area contributed by atoms with Gasteiger partial charge in [0, 0.05) is 47.3 Å². The molecular formula is C26H37N5O3S. The maximum absolute atomic E-state index is 13.5. The monoisotopic (exact) mass is 499 g/mol. The van der Waals surface area contributed by atoms with E-state index in [9.17, 15) is 4.79 Å². The van der Waals surface area contributed by atoms with Gasteiger partial charge in [0.1, 0.15) is 5.75 Å². The van der Waals surface area contributed by atoms with Gasteiger partial charge in [-0.15, -0.1) is 11.8 Å².